The van der Waals surface area contributed by atoms with Crippen molar-refractivity contribution in [2.45, 2.75) is 96.4 Å². The molecule has 5 rings (SSSR count). The van der Waals surface area contributed by atoms with E-state index in [0.29, 0.717) is 73.2 Å². The minimum absolute atomic E-state index is 0.0578. The molecule has 0 aliphatic carbocycles. The first-order chi connectivity index (χ1) is 29.1. The number of aromatic nitrogens is 2. The minimum atomic E-state index is -1.05. The van der Waals surface area contributed by atoms with Crippen molar-refractivity contribution in [2.75, 3.05) is 25.0 Å². The molecule has 3 atom stereocenters. The lowest BCUT2D eigenvalue weighted by Crippen LogP contribution is -2.54. The molecule has 0 unspecified atom stereocenters. The number of nitrogens with one attached hydrogen (secondary N) is 5. The van der Waals surface area contributed by atoms with Crippen LogP contribution in [0.15, 0.2) is 54.6 Å². The number of likely N-dealkylation sites (tertiary alicyclic amines) is 1. The van der Waals surface area contributed by atoms with Gasteiger partial charge in [-0.1, -0.05) is 38.5 Å². The van der Waals surface area contributed by atoms with Gasteiger partial charge >= 0.3 is 12.1 Å². The molecule has 0 radical (unpaired) electrons. The van der Waals surface area contributed by atoms with Crippen molar-refractivity contribution in [2.24, 2.45) is 17.4 Å². The number of hydrogen-bond donors (Lipinski definition) is 7. The van der Waals surface area contributed by atoms with E-state index in [9.17, 15) is 38.4 Å². The first kappa shape index (κ1) is 45.3. The van der Waals surface area contributed by atoms with Gasteiger partial charge in [0.25, 0.3) is 17.7 Å². The molecule has 0 saturated carbocycles. The smallest absolute Gasteiger partial charge is 0.410 e. The number of nitrogens with two attached hydrogens (primary N) is 2. The van der Waals surface area contributed by atoms with Gasteiger partial charge in [-0.3, -0.25) is 38.6 Å². The molecule has 1 fully saturated rings. The summed E-state index contributed by atoms with van der Waals surface area (Å²) in [7, 11) is 0. The Bertz CT molecular complexity index is 2150. The average Bonchev–Trinajstić information content (AvgIpc) is 3.93. The summed E-state index contributed by atoms with van der Waals surface area (Å²) in [6, 6.07) is 9.01. The highest BCUT2D eigenvalue weighted by molar-refractivity contribution is 6.12. The number of primary amides is 2. The Morgan fingerprint density at radius 1 is 0.918 bits per heavy atom. The van der Waals surface area contributed by atoms with E-state index in [4.69, 9.17) is 16.2 Å². The summed E-state index contributed by atoms with van der Waals surface area (Å²) >= 11 is 0. The summed E-state index contributed by atoms with van der Waals surface area (Å²) < 4.78 is 5.71. The zero-order chi connectivity index (χ0) is 44.3. The first-order valence-corrected chi connectivity index (χ1v) is 20.4. The zero-order valence-corrected chi connectivity index (χ0v) is 34.6. The fourth-order valence-electron chi connectivity index (χ4n) is 7.34. The maximum absolute atomic E-state index is 13.6. The molecule has 3 aromatic rings. The lowest BCUT2D eigenvalue weighted by Gasteiger charge is -2.32. The van der Waals surface area contributed by atoms with Crippen LogP contribution in [0.3, 0.4) is 0 Å². The van der Waals surface area contributed by atoms with Gasteiger partial charge in [-0.25, -0.2) is 14.6 Å². The second-order valence-electron chi connectivity index (χ2n) is 15.7. The number of anilines is 1. The largest absolute Gasteiger partial charge is 0.445 e. The molecular weight excluding hydrogens is 789 g/mol. The molecule has 19 nitrogen and oxygen atoms in total. The number of para-hydroxylation sites is 1. The van der Waals surface area contributed by atoms with Gasteiger partial charge in [0.05, 0.1) is 11.1 Å². The number of urea groups is 1. The number of unbranched alkanes of at least 4 members (excludes halogenated alkanes) is 2. The molecule has 61 heavy (non-hydrogen) atoms. The molecule has 2 aliphatic rings. The van der Waals surface area contributed by atoms with Gasteiger partial charge in [-0.05, 0) is 81.2 Å². The van der Waals surface area contributed by atoms with Crippen LogP contribution in [0.4, 0.5) is 15.3 Å². The van der Waals surface area contributed by atoms with E-state index < -0.39 is 47.5 Å². The number of hydrogen-bond acceptors (Lipinski definition) is 10. The number of amides is 9. The fourth-order valence-corrected chi connectivity index (χ4v) is 7.34. The molecule has 2 aromatic carbocycles. The van der Waals surface area contributed by atoms with Crippen molar-refractivity contribution in [3.8, 4) is 0 Å². The van der Waals surface area contributed by atoms with E-state index in [0.717, 1.165) is 4.90 Å². The number of fused-ring (bicyclic) bond motifs is 1. The van der Waals surface area contributed by atoms with E-state index in [1.165, 1.54) is 12.2 Å². The Kier molecular flexibility index (Phi) is 15.2. The molecule has 9 amide bonds. The quantitative estimate of drug-likeness (QED) is 0.0645. The van der Waals surface area contributed by atoms with Gasteiger partial charge in [0.15, 0.2) is 0 Å². The van der Waals surface area contributed by atoms with Crippen molar-refractivity contribution in [1.82, 2.24) is 35.7 Å². The van der Waals surface area contributed by atoms with Crippen molar-refractivity contribution in [1.29, 1.82) is 0 Å². The van der Waals surface area contributed by atoms with Crippen LogP contribution in [0.5, 0.6) is 0 Å². The molecular formula is C42H54N10O9. The predicted octanol–water partition coefficient (Wildman–Crippen LogP) is 2.81. The Hall–Kier alpha value is -6.79. The van der Waals surface area contributed by atoms with E-state index in [1.54, 1.807) is 61.2 Å². The maximum atomic E-state index is 13.6. The summed E-state index contributed by atoms with van der Waals surface area (Å²) in [6.45, 7) is 6.22. The number of benzene rings is 2. The number of imide groups is 1. The van der Waals surface area contributed by atoms with Crippen molar-refractivity contribution in [3.05, 3.63) is 71.6 Å². The predicted molar refractivity (Wildman–Crippen MR) is 223 cm³/mol. The van der Waals surface area contributed by atoms with E-state index in [1.807, 2.05) is 6.92 Å². The third kappa shape index (κ3) is 11.7. The molecule has 3 heterocycles. The van der Waals surface area contributed by atoms with E-state index in [2.05, 4.69) is 31.2 Å². The molecule has 326 valence electrons. The molecule has 0 spiro atoms. The number of aromatic amines is 1. The Morgan fingerprint density at radius 2 is 1.64 bits per heavy atom. The van der Waals surface area contributed by atoms with Crippen molar-refractivity contribution >= 4 is 64.3 Å². The zero-order valence-electron chi connectivity index (χ0n) is 34.6. The molecule has 19 heteroatoms. The second-order valence-corrected chi connectivity index (χ2v) is 15.7. The minimum Gasteiger partial charge on any atom is -0.445 e. The Morgan fingerprint density at radius 3 is 2.31 bits per heavy atom. The lowest BCUT2D eigenvalue weighted by molar-refractivity contribution is -0.137. The maximum Gasteiger partial charge on any atom is 0.410 e. The van der Waals surface area contributed by atoms with Gasteiger partial charge in [0, 0.05) is 43.9 Å². The Labute approximate surface area is 352 Å². The third-order valence-electron chi connectivity index (χ3n) is 10.8. The van der Waals surface area contributed by atoms with Crippen LogP contribution in [-0.2, 0) is 40.9 Å². The van der Waals surface area contributed by atoms with Crippen LogP contribution in [0.25, 0.3) is 11.0 Å². The molecule has 0 bridgehead atoms. The summed E-state index contributed by atoms with van der Waals surface area (Å²) in [6.07, 6.45) is 5.39. The van der Waals surface area contributed by atoms with Crippen LogP contribution in [-0.4, -0.2) is 99.1 Å². The molecule has 1 saturated heterocycles. The third-order valence-corrected chi connectivity index (χ3v) is 10.8. The standard InChI is InChI=1S/C42H54N10O9/c1-25(2)34(49-31(53)13-5-4-6-22-51-32(54)18-19-33(51)55)38(58)47-30(12-8-21-45-40(44)59)37(57)46-27-16-14-26(15-17-27)24-61-41(60)52-23-9-20-42(52,3)39-48-29-11-7-10-28(36(43)56)35(29)50-39/h7,10-11,14-19,25,30,34H,4-6,8-9,12-13,20-24H2,1-3H3,(H2,43,56)(H,46,57)(H,47,58)(H,48,50)(H,49,53)(H3,44,45,59)/t30-,34-,42+/m0/s1. The number of carbonyl (C=O) groups is 8. The number of rotatable bonds is 20. The highest BCUT2D eigenvalue weighted by atomic mass is 16.6. The highest BCUT2D eigenvalue weighted by Crippen LogP contribution is 2.38. The summed E-state index contributed by atoms with van der Waals surface area (Å²) in [5.74, 6) is -2.58. The lowest BCUT2D eigenvalue weighted by atomic mass is 9.98. The summed E-state index contributed by atoms with van der Waals surface area (Å²) in [4.78, 5) is 111. The Balaban J connectivity index is 1.14. The molecule has 1 aromatic heterocycles. The number of ether oxygens (including phenoxy) is 1. The summed E-state index contributed by atoms with van der Waals surface area (Å²) in [5.41, 5.74) is 12.3. The SMILES string of the molecule is CC(C)[C@H](NC(=O)CCCCCN1C(=O)C=CC1=O)C(=O)N[C@@H](CCCNC(N)=O)C(=O)Nc1ccc(COC(=O)N2CCC[C@]2(C)c2nc3c(C(N)=O)cccc3[nH]2)cc1. The number of imidazole rings is 1. The number of nitrogens with zero attached hydrogens (tertiary/aromatic N) is 3. The fraction of sp³-hybridized carbons (Fsp3) is 0.452. The normalized spacial score (nSPS) is 17.0. The average molecular weight is 843 g/mol. The van der Waals surface area contributed by atoms with Crippen LogP contribution >= 0.6 is 0 Å². The topological polar surface area (TPSA) is 281 Å². The van der Waals surface area contributed by atoms with Crippen LogP contribution < -0.4 is 32.7 Å². The second kappa shape index (κ2) is 20.5. The monoisotopic (exact) mass is 842 g/mol. The van der Waals surface area contributed by atoms with Gasteiger partial charge < -0.3 is 42.5 Å². The van der Waals surface area contributed by atoms with Crippen LogP contribution in [0, 0.1) is 5.92 Å². The summed E-state index contributed by atoms with van der Waals surface area (Å²) in [5, 5.41) is 10.8. The highest BCUT2D eigenvalue weighted by Gasteiger charge is 2.44. The van der Waals surface area contributed by atoms with Gasteiger partial charge in [0.2, 0.25) is 17.7 Å². The van der Waals surface area contributed by atoms with E-state index >= 15 is 0 Å². The van der Waals surface area contributed by atoms with Gasteiger partial charge in [0.1, 0.15) is 35.6 Å². The van der Waals surface area contributed by atoms with Crippen LogP contribution in [0.2, 0.25) is 0 Å². The molecule has 2 aliphatic heterocycles. The molecule has 9 N–H and O–H groups in total. The first-order valence-electron chi connectivity index (χ1n) is 20.4. The number of H-pyrrole nitrogens is 1. The van der Waals surface area contributed by atoms with Gasteiger partial charge in [-0.2, -0.15) is 0 Å². The number of carbonyl (C=O) groups excluding carboxylic acids is 8. The van der Waals surface area contributed by atoms with E-state index in [-0.39, 0.29) is 61.7 Å². The van der Waals surface area contributed by atoms with Crippen molar-refractivity contribution in [3.63, 3.8) is 0 Å². The van der Waals surface area contributed by atoms with Crippen LogP contribution in [0.1, 0.15) is 93.9 Å². The van der Waals surface area contributed by atoms with Gasteiger partial charge in [-0.15, -0.1) is 0 Å². The van der Waals surface area contributed by atoms with Crippen molar-refractivity contribution < 1.29 is 43.1 Å².